The second-order valence-corrected chi connectivity index (χ2v) is 5.99. The summed E-state index contributed by atoms with van der Waals surface area (Å²) in [6.45, 7) is 14.1. The van der Waals surface area contributed by atoms with E-state index in [1.54, 1.807) is 33.8 Å². The van der Waals surface area contributed by atoms with Crippen LogP contribution in [0, 0.1) is 0 Å². The first-order valence-corrected chi connectivity index (χ1v) is 8.13. The first-order chi connectivity index (χ1) is 11.4. The van der Waals surface area contributed by atoms with Crippen molar-refractivity contribution in [3.8, 4) is 0 Å². The molecule has 0 amide bonds. The van der Waals surface area contributed by atoms with Crippen molar-refractivity contribution in [2.24, 2.45) is 0 Å². The van der Waals surface area contributed by atoms with E-state index in [9.17, 15) is 18.0 Å². The fourth-order valence-corrected chi connectivity index (χ4v) is 1.93. The number of rotatable bonds is 7. The zero-order chi connectivity index (χ0) is 19.8. The maximum atomic E-state index is 12.8. The highest BCUT2D eigenvalue weighted by Crippen LogP contribution is 2.27. The number of allylic oxidation sites excluding steroid dienone is 7. The van der Waals surface area contributed by atoms with Gasteiger partial charge in [-0.15, -0.1) is 0 Å². The predicted molar refractivity (Wildman–Crippen MR) is 96.1 cm³/mol. The number of ether oxygens (including phenoxy) is 1. The molecule has 0 aliphatic heterocycles. The molecule has 0 N–H and O–H groups in total. The summed E-state index contributed by atoms with van der Waals surface area (Å²) in [6.07, 6.45) is 0.790. The van der Waals surface area contributed by atoms with Crippen molar-refractivity contribution < 1.29 is 22.7 Å². The molecule has 2 nitrogen and oxygen atoms in total. The monoisotopic (exact) mass is 356 g/mol. The fourth-order valence-electron chi connectivity index (χ4n) is 1.93. The van der Waals surface area contributed by atoms with Crippen molar-refractivity contribution in [3.63, 3.8) is 0 Å². The minimum atomic E-state index is -4.41. The molecule has 25 heavy (non-hydrogen) atoms. The number of alkyl halides is 3. The lowest BCUT2D eigenvalue weighted by atomic mass is 9.99. The first-order valence-electron chi connectivity index (χ1n) is 8.13. The molecule has 0 spiro atoms. The molecule has 0 aliphatic carbocycles. The lowest BCUT2D eigenvalue weighted by Gasteiger charge is -2.12. The molecular formula is C20H27F3O2. The van der Waals surface area contributed by atoms with Crippen LogP contribution in [0.2, 0.25) is 0 Å². The molecule has 0 radical (unpaired) electrons. The lowest BCUT2D eigenvalue weighted by Crippen LogP contribution is -2.14. The average Bonchev–Trinajstić information content (AvgIpc) is 2.45. The van der Waals surface area contributed by atoms with Gasteiger partial charge in [0.2, 0.25) is 0 Å². The van der Waals surface area contributed by atoms with E-state index >= 15 is 0 Å². The van der Waals surface area contributed by atoms with Crippen molar-refractivity contribution in [2.45, 2.75) is 60.2 Å². The number of esters is 1. The summed E-state index contributed by atoms with van der Waals surface area (Å²) < 4.78 is 43.5. The third-order valence-corrected chi connectivity index (χ3v) is 3.32. The molecule has 0 rings (SSSR count). The molecule has 0 saturated carbocycles. The Morgan fingerprint density at radius 3 is 2.12 bits per heavy atom. The molecule has 0 fully saturated rings. The Labute approximate surface area is 148 Å². The summed E-state index contributed by atoms with van der Waals surface area (Å²) >= 11 is 0. The van der Waals surface area contributed by atoms with Crippen LogP contribution in [0.15, 0.2) is 58.7 Å². The van der Waals surface area contributed by atoms with Crippen molar-refractivity contribution >= 4 is 5.97 Å². The van der Waals surface area contributed by atoms with E-state index in [4.69, 9.17) is 4.74 Å². The van der Waals surface area contributed by atoms with Crippen LogP contribution >= 0.6 is 0 Å². The third-order valence-electron chi connectivity index (χ3n) is 3.32. The van der Waals surface area contributed by atoms with Gasteiger partial charge in [0.05, 0.1) is 17.3 Å². The summed E-state index contributed by atoms with van der Waals surface area (Å²) in [5, 5.41) is 0. The lowest BCUT2D eigenvalue weighted by molar-refractivity contribution is -0.142. The SMILES string of the molecule is C=C(/C=C\C(=C/C)C(F)(F)F)/C(=C/C(C(=O)OC(C)C)=C(C)C)CC. The van der Waals surface area contributed by atoms with Gasteiger partial charge in [0, 0.05) is 0 Å². The van der Waals surface area contributed by atoms with E-state index in [-0.39, 0.29) is 6.10 Å². The van der Waals surface area contributed by atoms with Gasteiger partial charge in [-0.1, -0.05) is 31.2 Å². The topological polar surface area (TPSA) is 26.3 Å². The number of hydrogen-bond donors (Lipinski definition) is 0. The number of halogens is 3. The smallest absolute Gasteiger partial charge is 0.416 e. The van der Waals surface area contributed by atoms with Gasteiger partial charge in [0.25, 0.3) is 0 Å². The van der Waals surface area contributed by atoms with Gasteiger partial charge in [-0.05, 0) is 64.3 Å². The Bertz CT molecular complexity index is 611. The van der Waals surface area contributed by atoms with Crippen LogP contribution in [0.3, 0.4) is 0 Å². The molecule has 0 atom stereocenters. The van der Waals surface area contributed by atoms with Gasteiger partial charge in [-0.2, -0.15) is 13.2 Å². The molecular weight excluding hydrogens is 329 g/mol. The second kappa shape index (κ2) is 10.1. The molecule has 0 unspecified atom stereocenters. The summed E-state index contributed by atoms with van der Waals surface area (Å²) in [5.74, 6) is -0.456. The molecule has 0 aromatic heterocycles. The summed E-state index contributed by atoms with van der Waals surface area (Å²) in [7, 11) is 0. The van der Waals surface area contributed by atoms with E-state index in [0.29, 0.717) is 23.1 Å². The molecule has 5 heteroatoms. The van der Waals surface area contributed by atoms with Crippen molar-refractivity contribution in [1.29, 1.82) is 0 Å². The first kappa shape index (κ1) is 23.0. The largest absolute Gasteiger partial charge is 0.459 e. The van der Waals surface area contributed by atoms with Crippen LogP contribution < -0.4 is 0 Å². The Kier molecular flexibility index (Phi) is 9.24. The van der Waals surface area contributed by atoms with Crippen LogP contribution in [0.1, 0.15) is 48.0 Å². The molecule has 140 valence electrons. The minimum absolute atomic E-state index is 0.257. The standard InChI is InChI=1S/C20H27F3O2/c1-8-16(12-18(13(3)4)19(24)25-14(5)6)15(7)10-11-17(9-2)20(21,22)23/h9-12,14H,7-8H2,1-6H3/b11-10-,16-12+,17-9+. The Balaban J connectivity index is 5.62. The zero-order valence-corrected chi connectivity index (χ0v) is 15.8. The molecule has 0 bridgehead atoms. The van der Waals surface area contributed by atoms with E-state index in [0.717, 1.165) is 17.7 Å². The normalized spacial score (nSPS) is 13.4. The van der Waals surface area contributed by atoms with Crippen molar-refractivity contribution in [3.05, 3.63) is 58.7 Å². The van der Waals surface area contributed by atoms with E-state index < -0.39 is 17.7 Å². The highest BCUT2D eigenvalue weighted by molar-refractivity contribution is 5.92. The van der Waals surface area contributed by atoms with Gasteiger partial charge >= 0.3 is 12.1 Å². The van der Waals surface area contributed by atoms with Gasteiger partial charge in [-0.25, -0.2) is 4.79 Å². The summed E-state index contributed by atoms with van der Waals surface area (Å²) in [6, 6.07) is 0. The van der Waals surface area contributed by atoms with Crippen LogP contribution in [-0.2, 0) is 9.53 Å². The maximum absolute atomic E-state index is 12.8. The van der Waals surface area contributed by atoms with Crippen LogP contribution in [0.5, 0.6) is 0 Å². The molecule has 0 saturated heterocycles. The highest BCUT2D eigenvalue weighted by atomic mass is 19.4. The third kappa shape index (κ3) is 8.05. The summed E-state index contributed by atoms with van der Waals surface area (Å²) in [5.41, 5.74) is 1.50. The number of carbonyl (C=O) groups excluding carboxylic acids is 1. The van der Waals surface area contributed by atoms with E-state index in [1.165, 1.54) is 13.0 Å². The van der Waals surface area contributed by atoms with Crippen LogP contribution in [0.4, 0.5) is 13.2 Å². The van der Waals surface area contributed by atoms with Crippen LogP contribution in [0.25, 0.3) is 0 Å². The minimum Gasteiger partial charge on any atom is -0.459 e. The van der Waals surface area contributed by atoms with Crippen molar-refractivity contribution in [1.82, 2.24) is 0 Å². The Morgan fingerprint density at radius 2 is 1.76 bits per heavy atom. The quantitative estimate of drug-likeness (QED) is 0.307. The Hall–Kier alpha value is -2.04. The molecule has 0 heterocycles. The van der Waals surface area contributed by atoms with Crippen molar-refractivity contribution in [2.75, 3.05) is 0 Å². The predicted octanol–water partition coefficient (Wildman–Crippen LogP) is 6.23. The molecule has 0 aliphatic rings. The molecule has 0 aromatic carbocycles. The zero-order valence-electron chi connectivity index (χ0n) is 15.8. The fraction of sp³-hybridized carbons (Fsp3) is 0.450. The van der Waals surface area contributed by atoms with Gasteiger partial charge in [0.1, 0.15) is 0 Å². The maximum Gasteiger partial charge on any atom is 0.416 e. The summed E-state index contributed by atoms with van der Waals surface area (Å²) in [4.78, 5) is 12.2. The van der Waals surface area contributed by atoms with Gasteiger partial charge in [-0.3, -0.25) is 0 Å². The highest BCUT2D eigenvalue weighted by Gasteiger charge is 2.30. The average molecular weight is 356 g/mol. The van der Waals surface area contributed by atoms with Crippen LogP contribution in [-0.4, -0.2) is 18.2 Å². The van der Waals surface area contributed by atoms with Gasteiger partial charge in [0.15, 0.2) is 0 Å². The Morgan fingerprint density at radius 1 is 1.20 bits per heavy atom. The number of carbonyl (C=O) groups is 1. The van der Waals surface area contributed by atoms with Gasteiger partial charge < -0.3 is 4.74 Å². The number of hydrogen-bond acceptors (Lipinski definition) is 2. The second-order valence-electron chi connectivity index (χ2n) is 5.99. The molecule has 0 aromatic rings. The van der Waals surface area contributed by atoms with E-state index in [1.807, 2.05) is 6.92 Å². The van der Waals surface area contributed by atoms with E-state index in [2.05, 4.69) is 6.58 Å².